The van der Waals surface area contributed by atoms with Gasteiger partial charge in [0, 0.05) is 37.3 Å². The zero-order valence-corrected chi connectivity index (χ0v) is 14.9. The Morgan fingerprint density at radius 1 is 1.08 bits per heavy atom. The maximum atomic E-state index is 12.4. The molecule has 1 aliphatic rings. The molecule has 0 aliphatic carbocycles. The number of nitrogens with zero attached hydrogens (tertiary/aromatic N) is 2. The number of hydrogen-bond donors (Lipinski definition) is 0. The molecule has 2 aromatic carbocycles. The molecule has 3 rings (SSSR count). The van der Waals surface area contributed by atoms with Crippen molar-refractivity contribution < 1.29 is 9.53 Å². The Morgan fingerprint density at radius 2 is 1.84 bits per heavy atom. The molecule has 0 spiro atoms. The minimum Gasteiger partial charge on any atom is -0.495 e. The number of rotatable bonds is 4. The topological polar surface area (TPSA) is 32.8 Å². The van der Waals surface area contributed by atoms with Crippen LogP contribution in [0.5, 0.6) is 5.75 Å². The van der Waals surface area contributed by atoms with Gasteiger partial charge >= 0.3 is 0 Å². The summed E-state index contributed by atoms with van der Waals surface area (Å²) in [5, 5.41) is 0.667. The number of anilines is 1. The molecule has 1 aliphatic heterocycles. The van der Waals surface area contributed by atoms with Crippen LogP contribution >= 0.6 is 11.6 Å². The molecule has 0 unspecified atom stereocenters. The number of para-hydroxylation sites is 2. The van der Waals surface area contributed by atoms with Gasteiger partial charge in [-0.2, -0.15) is 0 Å². The Kier molecular flexibility index (Phi) is 5.61. The quantitative estimate of drug-likeness (QED) is 0.783. The van der Waals surface area contributed by atoms with E-state index in [9.17, 15) is 4.79 Å². The van der Waals surface area contributed by atoms with Crippen LogP contribution in [0.2, 0.25) is 5.02 Å². The van der Waals surface area contributed by atoms with E-state index in [1.54, 1.807) is 19.3 Å². The zero-order valence-electron chi connectivity index (χ0n) is 14.2. The fourth-order valence-corrected chi connectivity index (χ4v) is 3.14. The van der Waals surface area contributed by atoms with E-state index in [0.29, 0.717) is 18.1 Å². The van der Waals surface area contributed by atoms with Crippen LogP contribution < -0.4 is 9.64 Å². The molecule has 0 bridgehead atoms. The van der Waals surface area contributed by atoms with Gasteiger partial charge in [-0.25, -0.2) is 0 Å². The van der Waals surface area contributed by atoms with Crippen LogP contribution in [0, 0.1) is 0 Å². The van der Waals surface area contributed by atoms with Gasteiger partial charge in [-0.1, -0.05) is 35.9 Å². The van der Waals surface area contributed by atoms with Gasteiger partial charge in [-0.15, -0.1) is 0 Å². The van der Waals surface area contributed by atoms with Crippen LogP contribution in [0.1, 0.15) is 5.56 Å². The van der Waals surface area contributed by atoms with Crippen LogP contribution in [0.3, 0.4) is 0 Å². The van der Waals surface area contributed by atoms with Crippen molar-refractivity contribution in [1.29, 1.82) is 0 Å². The molecule has 1 heterocycles. The minimum absolute atomic E-state index is 0.0275. The molecular weight excluding hydrogens is 336 g/mol. The van der Waals surface area contributed by atoms with E-state index in [1.165, 1.54) is 0 Å². The van der Waals surface area contributed by atoms with Gasteiger partial charge in [-0.05, 0) is 35.9 Å². The highest BCUT2D eigenvalue weighted by atomic mass is 35.5. The Labute approximate surface area is 153 Å². The molecule has 2 aromatic rings. The van der Waals surface area contributed by atoms with Crippen LogP contribution in [-0.4, -0.2) is 44.1 Å². The highest BCUT2D eigenvalue weighted by Gasteiger charge is 2.21. The molecule has 1 fully saturated rings. The Morgan fingerprint density at radius 3 is 2.56 bits per heavy atom. The maximum Gasteiger partial charge on any atom is 0.246 e. The van der Waals surface area contributed by atoms with E-state index >= 15 is 0 Å². The van der Waals surface area contributed by atoms with E-state index in [4.69, 9.17) is 16.3 Å². The van der Waals surface area contributed by atoms with Crippen molar-refractivity contribution in [3.8, 4) is 5.75 Å². The first-order valence-corrected chi connectivity index (χ1v) is 8.65. The molecule has 0 aromatic heterocycles. The first-order valence-electron chi connectivity index (χ1n) is 8.28. The van der Waals surface area contributed by atoms with Gasteiger partial charge in [0.05, 0.1) is 12.8 Å². The predicted molar refractivity (Wildman–Crippen MR) is 102 cm³/mol. The lowest BCUT2D eigenvalue weighted by Crippen LogP contribution is -2.48. The second kappa shape index (κ2) is 8.08. The minimum atomic E-state index is 0.0275. The first kappa shape index (κ1) is 17.4. The van der Waals surface area contributed by atoms with Crippen molar-refractivity contribution in [2.24, 2.45) is 0 Å². The van der Waals surface area contributed by atoms with Gasteiger partial charge in [0.15, 0.2) is 0 Å². The second-order valence-corrected chi connectivity index (χ2v) is 6.31. The van der Waals surface area contributed by atoms with Crippen molar-refractivity contribution in [3.63, 3.8) is 0 Å². The number of benzene rings is 2. The van der Waals surface area contributed by atoms with Crippen molar-refractivity contribution in [2.45, 2.75) is 0 Å². The molecule has 0 radical (unpaired) electrons. The molecule has 1 saturated heterocycles. The zero-order chi connectivity index (χ0) is 17.6. The number of piperazine rings is 1. The number of amides is 1. The van der Waals surface area contributed by atoms with Crippen molar-refractivity contribution in [2.75, 3.05) is 38.2 Å². The average molecular weight is 357 g/mol. The van der Waals surface area contributed by atoms with E-state index in [1.807, 2.05) is 47.4 Å². The van der Waals surface area contributed by atoms with Crippen molar-refractivity contribution >= 4 is 29.3 Å². The van der Waals surface area contributed by atoms with Crippen LogP contribution in [-0.2, 0) is 4.79 Å². The molecule has 0 saturated carbocycles. The lowest BCUT2D eigenvalue weighted by Gasteiger charge is -2.36. The third-order valence-corrected chi connectivity index (χ3v) is 4.52. The summed E-state index contributed by atoms with van der Waals surface area (Å²) in [5.74, 6) is 0.891. The molecule has 25 heavy (non-hydrogen) atoms. The summed E-state index contributed by atoms with van der Waals surface area (Å²) >= 11 is 5.96. The van der Waals surface area contributed by atoms with Gasteiger partial charge in [0.2, 0.25) is 5.91 Å². The first-order chi connectivity index (χ1) is 12.2. The number of carbonyl (C=O) groups is 1. The fraction of sp³-hybridized carbons (Fsp3) is 0.250. The summed E-state index contributed by atoms with van der Waals surface area (Å²) < 4.78 is 5.43. The third-order valence-electron chi connectivity index (χ3n) is 4.28. The van der Waals surface area contributed by atoms with Crippen molar-refractivity contribution in [1.82, 2.24) is 4.90 Å². The standard InChI is InChI=1S/C20H21ClN2O2/c1-25-19-8-3-2-7-18(19)22-11-13-23(14-12-22)20(24)10-9-16-5-4-6-17(21)15-16/h2-10,15H,11-14H2,1H3/b10-9+. The number of ether oxygens (including phenoxy) is 1. The van der Waals surface area contributed by atoms with Gasteiger partial charge in [-0.3, -0.25) is 4.79 Å². The highest BCUT2D eigenvalue weighted by Crippen LogP contribution is 2.28. The molecule has 0 N–H and O–H groups in total. The number of hydrogen-bond acceptors (Lipinski definition) is 3. The normalized spacial score (nSPS) is 14.8. The second-order valence-electron chi connectivity index (χ2n) is 5.87. The third kappa shape index (κ3) is 4.34. The SMILES string of the molecule is COc1ccccc1N1CCN(C(=O)/C=C/c2cccc(Cl)c2)CC1. The molecule has 1 amide bonds. The Balaban J connectivity index is 1.59. The van der Waals surface area contributed by atoms with E-state index in [-0.39, 0.29) is 5.91 Å². The van der Waals surface area contributed by atoms with Gasteiger partial charge < -0.3 is 14.5 Å². The van der Waals surface area contributed by atoms with Gasteiger partial charge in [0.1, 0.15) is 5.75 Å². The van der Waals surface area contributed by atoms with Gasteiger partial charge in [0.25, 0.3) is 0 Å². The Bertz CT molecular complexity index is 768. The maximum absolute atomic E-state index is 12.4. The average Bonchev–Trinajstić information content (AvgIpc) is 2.66. The van der Waals surface area contributed by atoms with Crippen LogP contribution in [0.25, 0.3) is 6.08 Å². The Hall–Kier alpha value is -2.46. The fourth-order valence-electron chi connectivity index (χ4n) is 2.94. The summed E-state index contributed by atoms with van der Waals surface area (Å²) in [6, 6.07) is 15.4. The molecular formula is C20H21ClN2O2. The number of halogens is 1. The molecule has 0 atom stereocenters. The number of carbonyl (C=O) groups excluding carboxylic acids is 1. The largest absolute Gasteiger partial charge is 0.495 e. The van der Waals surface area contributed by atoms with E-state index < -0.39 is 0 Å². The monoisotopic (exact) mass is 356 g/mol. The summed E-state index contributed by atoms with van der Waals surface area (Å²) in [7, 11) is 1.68. The van der Waals surface area contributed by atoms with Crippen LogP contribution in [0.15, 0.2) is 54.6 Å². The van der Waals surface area contributed by atoms with Crippen molar-refractivity contribution in [3.05, 3.63) is 65.2 Å². The number of methoxy groups -OCH3 is 1. The molecule has 130 valence electrons. The van der Waals surface area contributed by atoms with Crippen LogP contribution in [0.4, 0.5) is 5.69 Å². The molecule has 4 nitrogen and oxygen atoms in total. The summed E-state index contributed by atoms with van der Waals surface area (Å²) in [6.07, 6.45) is 3.42. The summed E-state index contributed by atoms with van der Waals surface area (Å²) in [4.78, 5) is 16.5. The van der Waals surface area contributed by atoms with E-state index in [2.05, 4.69) is 11.0 Å². The predicted octanol–water partition coefficient (Wildman–Crippen LogP) is 3.71. The highest BCUT2D eigenvalue weighted by molar-refractivity contribution is 6.30. The lowest BCUT2D eigenvalue weighted by atomic mass is 10.2. The summed E-state index contributed by atoms with van der Waals surface area (Å²) in [6.45, 7) is 2.96. The smallest absolute Gasteiger partial charge is 0.246 e. The lowest BCUT2D eigenvalue weighted by molar-refractivity contribution is -0.126. The summed E-state index contributed by atoms with van der Waals surface area (Å²) in [5.41, 5.74) is 2.00. The molecule has 5 heteroatoms. The van der Waals surface area contributed by atoms with E-state index in [0.717, 1.165) is 30.1 Å².